The highest BCUT2D eigenvalue weighted by Crippen LogP contribution is 2.12. The number of carbonyl (C=O) groups is 1. The predicted molar refractivity (Wildman–Crippen MR) is 104 cm³/mol. The summed E-state index contributed by atoms with van der Waals surface area (Å²) in [5.74, 6) is 2.45. The zero-order valence-corrected chi connectivity index (χ0v) is 16.6. The largest absolute Gasteiger partial charge is 0.374 e. The summed E-state index contributed by atoms with van der Waals surface area (Å²) >= 11 is 0. The van der Waals surface area contributed by atoms with Crippen LogP contribution in [0.15, 0.2) is 29.2 Å². The average Bonchev–Trinajstić information content (AvgIpc) is 2.64. The highest BCUT2D eigenvalue weighted by Gasteiger charge is 2.22. The van der Waals surface area contributed by atoms with E-state index in [1.807, 2.05) is 0 Å². The lowest BCUT2D eigenvalue weighted by Crippen LogP contribution is -2.48. The minimum atomic E-state index is -3.74. The molecule has 1 aromatic carbocycles. The van der Waals surface area contributed by atoms with E-state index in [2.05, 4.69) is 34.7 Å². The van der Waals surface area contributed by atoms with Crippen LogP contribution in [-0.4, -0.2) is 64.7 Å². The van der Waals surface area contributed by atoms with Crippen molar-refractivity contribution < 1.29 is 17.9 Å². The number of amides is 1. The van der Waals surface area contributed by atoms with E-state index in [0.717, 1.165) is 19.6 Å². The van der Waals surface area contributed by atoms with Crippen molar-refractivity contribution in [3.8, 4) is 12.3 Å². The first-order valence-corrected chi connectivity index (χ1v) is 10.5. The summed E-state index contributed by atoms with van der Waals surface area (Å²) < 4.78 is 32.3. The third kappa shape index (κ3) is 6.63. The highest BCUT2D eigenvalue weighted by atomic mass is 32.2. The molecule has 0 aliphatic carbocycles. The molecule has 1 aromatic rings. The van der Waals surface area contributed by atoms with E-state index < -0.39 is 10.0 Å². The van der Waals surface area contributed by atoms with E-state index in [9.17, 15) is 13.2 Å². The molecule has 2 rings (SSSR count). The molecule has 0 unspecified atom stereocenters. The Labute approximate surface area is 161 Å². The van der Waals surface area contributed by atoms with E-state index in [1.54, 1.807) is 6.07 Å². The van der Waals surface area contributed by atoms with Crippen molar-refractivity contribution >= 4 is 15.9 Å². The maximum atomic E-state index is 12.4. The molecule has 27 heavy (non-hydrogen) atoms. The fourth-order valence-electron chi connectivity index (χ4n) is 2.92. The van der Waals surface area contributed by atoms with Crippen LogP contribution >= 0.6 is 0 Å². The van der Waals surface area contributed by atoms with Crippen LogP contribution in [0.25, 0.3) is 0 Å². The molecule has 2 N–H and O–H groups in total. The molecule has 1 amide bonds. The van der Waals surface area contributed by atoms with Gasteiger partial charge in [-0.1, -0.05) is 25.8 Å². The van der Waals surface area contributed by atoms with E-state index in [1.165, 1.54) is 18.2 Å². The average molecular weight is 394 g/mol. The summed E-state index contributed by atoms with van der Waals surface area (Å²) in [6, 6.07) is 5.85. The minimum absolute atomic E-state index is 0.00225. The Morgan fingerprint density at radius 2 is 2.22 bits per heavy atom. The number of carbonyl (C=O) groups excluding carboxylic acids is 1. The number of hydrogen-bond acceptors (Lipinski definition) is 5. The van der Waals surface area contributed by atoms with Crippen LogP contribution in [0.3, 0.4) is 0 Å². The Hall–Kier alpha value is -1.92. The summed E-state index contributed by atoms with van der Waals surface area (Å²) in [6.45, 7) is 7.91. The van der Waals surface area contributed by atoms with Gasteiger partial charge < -0.3 is 10.1 Å². The van der Waals surface area contributed by atoms with Crippen LogP contribution in [0.4, 0.5) is 0 Å². The van der Waals surface area contributed by atoms with Gasteiger partial charge in [0.15, 0.2) is 0 Å². The fraction of sp³-hybridized carbons (Fsp3) is 0.526. The van der Waals surface area contributed by atoms with E-state index in [4.69, 9.17) is 11.2 Å². The molecule has 0 spiro atoms. The monoisotopic (exact) mass is 393 g/mol. The van der Waals surface area contributed by atoms with Crippen LogP contribution in [0, 0.1) is 18.3 Å². The van der Waals surface area contributed by atoms with Crippen LogP contribution in [-0.2, 0) is 14.8 Å². The highest BCUT2D eigenvalue weighted by molar-refractivity contribution is 7.89. The smallest absolute Gasteiger partial charge is 0.251 e. The molecule has 1 atom stereocenters. The number of sulfonamides is 1. The van der Waals surface area contributed by atoms with Crippen LogP contribution in [0.1, 0.15) is 24.2 Å². The number of hydrogen-bond donors (Lipinski definition) is 2. The molecule has 8 heteroatoms. The summed E-state index contributed by atoms with van der Waals surface area (Å²) in [7, 11) is -3.74. The lowest BCUT2D eigenvalue weighted by molar-refractivity contribution is -0.0295. The van der Waals surface area contributed by atoms with Gasteiger partial charge in [-0.2, -0.15) is 4.72 Å². The summed E-state index contributed by atoms with van der Waals surface area (Å²) in [4.78, 5) is 14.7. The molecule has 0 aromatic heterocycles. The molecule has 0 bridgehead atoms. The zero-order valence-electron chi connectivity index (χ0n) is 15.8. The minimum Gasteiger partial charge on any atom is -0.374 e. The van der Waals surface area contributed by atoms with Gasteiger partial charge in [-0.25, -0.2) is 8.42 Å². The van der Waals surface area contributed by atoms with Gasteiger partial charge in [0.25, 0.3) is 5.91 Å². The number of morpholine rings is 1. The summed E-state index contributed by atoms with van der Waals surface area (Å²) in [5, 5.41) is 2.83. The molecule has 7 nitrogen and oxygen atoms in total. The number of rotatable bonds is 8. The van der Waals surface area contributed by atoms with E-state index >= 15 is 0 Å². The lowest BCUT2D eigenvalue weighted by Gasteiger charge is -2.33. The number of benzene rings is 1. The van der Waals surface area contributed by atoms with E-state index in [-0.39, 0.29) is 29.0 Å². The predicted octanol–water partition coefficient (Wildman–Crippen LogP) is 0.685. The van der Waals surface area contributed by atoms with Gasteiger partial charge in [0.1, 0.15) is 0 Å². The standard InChI is InChI=1S/C19H27N3O4S/c1-4-8-21-27(24,25)18-7-5-6-16(11-18)19(23)20-12-17-14-22(9-10-26-17)13-15(2)3/h1,5-7,11,15,17,21H,8-10,12-14H2,2-3H3,(H,20,23)/t17-/m0/s1. The van der Waals surface area contributed by atoms with Gasteiger partial charge in [-0.15, -0.1) is 6.42 Å². The van der Waals surface area contributed by atoms with Crippen molar-refractivity contribution in [3.63, 3.8) is 0 Å². The van der Waals surface area contributed by atoms with Crippen molar-refractivity contribution in [2.45, 2.75) is 24.8 Å². The molecule has 1 saturated heterocycles. The van der Waals surface area contributed by atoms with Gasteiger partial charge in [-0.3, -0.25) is 9.69 Å². The SMILES string of the molecule is C#CCNS(=O)(=O)c1cccc(C(=O)NC[C@H]2CN(CC(C)C)CCO2)c1. The Kier molecular flexibility index (Phi) is 7.80. The molecular formula is C19H27N3O4S. The van der Waals surface area contributed by atoms with Gasteiger partial charge in [0.05, 0.1) is 24.2 Å². The van der Waals surface area contributed by atoms with Gasteiger partial charge >= 0.3 is 0 Å². The molecule has 0 radical (unpaired) electrons. The third-order valence-corrected chi connectivity index (χ3v) is 5.51. The number of ether oxygens (including phenoxy) is 1. The van der Waals surface area contributed by atoms with Gasteiger partial charge in [0.2, 0.25) is 10.0 Å². The quantitative estimate of drug-likeness (QED) is 0.635. The number of nitrogens with one attached hydrogen (secondary N) is 2. The first kappa shape index (κ1) is 21.4. The Morgan fingerprint density at radius 3 is 2.93 bits per heavy atom. The van der Waals surface area contributed by atoms with Crippen molar-refractivity contribution in [2.75, 3.05) is 39.3 Å². The van der Waals surface area contributed by atoms with Crippen molar-refractivity contribution in [1.29, 1.82) is 0 Å². The van der Waals surface area contributed by atoms with Crippen molar-refractivity contribution in [1.82, 2.24) is 14.9 Å². The molecule has 1 heterocycles. The Bertz CT molecular complexity index is 786. The normalized spacial score (nSPS) is 18.2. The zero-order chi connectivity index (χ0) is 19.9. The molecule has 148 valence electrons. The van der Waals surface area contributed by atoms with Gasteiger partial charge in [-0.05, 0) is 24.1 Å². The summed E-state index contributed by atoms with van der Waals surface area (Å²) in [5.41, 5.74) is 0.272. The van der Waals surface area contributed by atoms with Gasteiger partial charge in [0, 0.05) is 31.7 Å². The molecular weight excluding hydrogens is 366 g/mol. The third-order valence-electron chi connectivity index (χ3n) is 4.11. The second-order valence-corrected chi connectivity index (χ2v) is 8.68. The Balaban J connectivity index is 1.94. The van der Waals surface area contributed by atoms with Crippen molar-refractivity contribution in [3.05, 3.63) is 29.8 Å². The summed E-state index contributed by atoms with van der Waals surface area (Å²) in [6.07, 6.45) is 5.00. The lowest BCUT2D eigenvalue weighted by atomic mass is 10.1. The maximum absolute atomic E-state index is 12.4. The molecule has 0 saturated carbocycles. The topological polar surface area (TPSA) is 87.7 Å². The number of terminal acetylenes is 1. The second kappa shape index (κ2) is 9.85. The van der Waals surface area contributed by atoms with E-state index in [0.29, 0.717) is 19.1 Å². The number of nitrogens with zero attached hydrogens (tertiary/aromatic N) is 1. The second-order valence-electron chi connectivity index (χ2n) is 6.91. The van der Waals surface area contributed by atoms with Crippen molar-refractivity contribution in [2.24, 2.45) is 5.92 Å². The van der Waals surface area contributed by atoms with Crippen LogP contribution < -0.4 is 10.0 Å². The molecule has 1 fully saturated rings. The fourth-order valence-corrected chi connectivity index (χ4v) is 3.90. The maximum Gasteiger partial charge on any atom is 0.251 e. The molecule has 1 aliphatic rings. The van der Waals surface area contributed by atoms with Crippen LogP contribution in [0.2, 0.25) is 0 Å². The first-order valence-electron chi connectivity index (χ1n) is 8.97. The Morgan fingerprint density at radius 1 is 1.44 bits per heavy atom. The van der Waals surface area contributed by atoms with Crippen LogP contribution in [0.5, 0.6) is 0 Å². The first-order chi connectivity index (χ1) is 12.8. The molecule has 1 aliphatic heterocycles.